The molecule has 0 nitrogen and oxygen atoms in total. The van der Waals surface area contributed by atoms with E-state index in [0.29, 0.717) is 0 Å². The SMILES string of the molecule is CCCCCCCCCCC/C=C\CCCCCCCCCCCCCC. The summed E-state index contributed by atoms with van der Waals surface area (Å²) < 4.78 is 0. The maximum Gasteiger partial charge on any atom is -0.0351 e. The van der Waals surface area contributed by atoms with Gasteiger partial charge >= 0.3 is 0 Å². The Hall–Kier alpha value is -0.260. The molecule has 0 fully saturated rings. The summed E-state index contributed by atoms with van der Waals surface area (Å²) in [4.78, 5) is 0. The molecule has 27 heavy (non-hydrogen) atoms. The molecule has 0 heteroatoms. The molecular weight excluding hydrogens is 324 g/mol. The second kappa shape index (κ2) is 25.7. The molecule has 0 aliphatic carbocycles. The van der Waals surface area contributed by atoms with Crippen LogP contribution in [0.3, 0.4) is 0 Å². The monoisotopic (exact) mass is 378 g/mol. The summed E-state index contributed by atoms with van der Waals surface area (Å²) in [7, 11) is 0. The van der Waals surface area contributed by atoms with Crippen molar-refractivity contribution in [2.75, 3.05) is 0 Å². The van der Waals surface area contributed by atoms with Gasteiger partial charge < -0.3 is 0 Å². The molecule has 0 aromatic heterocycles. The molecule has 0 aromatic carbocycles. The fraction of sp³-hybridized carbons (Fsp3) is 0.926. The van der Waals surface area contributed by atoms with Crippen LogP contribution in [-0.2, 0) is 0 Å². The van der Waals surface area contributed by atoms with Gasteiger partial charge in [-0.2, -0.15) is 0 Å². The van der Waals surface area contributed by atoms with Crippen LogP contribution in [0.15, 0.2) is 12.2 Å². The predicted molar refractivity (Wildman–Crippen MR) is 127 cm³/mol. The number of hydrogen-bond donors (Lipinski definition) is 0. The Balaban J connectivity index is 3.05. The van der Waals surface area contributed by atoms with Crippen LogP contribution < -0.4 is 0 Å². The van der Waals surface area contributed by atoms with E-state index >= 15 is 0 Å². The molecule has 0 unspecified atom stereocenters. The van der Waals surface area contributed by atoms with Crippen LogP contribution in [-0.4, -0.2) is 0 Å². The predicted octanol–water partition coefficient (Wildman–Crippen LogP) is 10.6. The maximum absolute atomic E-state index is 2.45. The molecule has 0 heterocycles. The van der Waals surface area contributed by atoms with Crippen molar-refractivity contribution in [3.05, 3.63) is 12.2 Å². The molecule has 162 valence electrons. The lowest BCUT2D eigenvalue weighted by molar-refractivity contribution is 0.544. The lowest BCUT2D eigenvalue weighted by Crippen LogP contribution is -1.82. The second-order valence-corrected chi connectivity index (χ2v) is 8.77. The molecule has 0 saturated heterocycles. The van der Waals surface area contributed by atoms with E-state index in [2.05, 4.69) is 26.0 Å². The molecule has 0 saturated carbocycles. The standard InChI is InChI=1S/C27H54/c1-3-5-7-9-11-13-15-17-19-21-23-25-27-26-24-22-20-18-16-14-12-10-8-6-4-2/h23,25H,3-22,24,26-27H2,1-2H3/b25-23-. The van der Waals surface area contributed by atoms with Gasteiger partial charge in [-0.05, 0) is 25.7 Å². The molecule has 0 aliphatic heterocycles. The van der Waals surface area contributed by atoms with E-state index in [1.165, 1.54) is 148 Å². The van der Waals surface area contributed by atoms with Crippen LogP contribution in [0.4, 0.5) is 0 Å². The molecule has 0 aliphatic rings. The average Bonchev–Trinajstić information content (AvgIpc) is 2.68. The van der Waals surface area contributed by atoms with E-state index in [1.54, 1.807) is 0 Å². The van der Waals surface area contributed by atoms with Crippen molar-refractivity contribution in [1.29, 1.82) is 0 Å². The van der Waals surface area contributed by atoms with Crippen LogP contribution in [0.2, 0.25) is 0 Å². The number of rotatable bonds is 23. The van der Waals surface area contributed by atoms with E-state index in [9.17, 15) is 0 Å². The summed E-state index contributed by atoms with van der Waals surface area (Å²) in [6.45, 7) is 4.60. The number of hydrogen-bond acceptors (Lipinski definition) is 0. The Kier molecular flexibility index (Phi) is 25.5. The van der Waals surface area contributed by atoms with Gasteiger partial charge in [0.05, 0.1) is 0 Å². The van der Waals surface area contributed by atoms with E-state index < -0.39 is 0 Å². The molecular formula is C27H54. The van der Waals surface area contributed by atoms with E-state index in [4.69, 9.17) is 0 Å². The second-order valence-electron chi connectivity index (χ2n) is 8.77. The third-order valence-electron chi connectivity index (χ3n) is 5.87. The minimum Gasteiger partial charge on any atom is -0.0885 e. The maximum atomic E-state index is 2.45. The highest BCUT2D eigenvalue weighted by Gasteiger charge is 1.93. The smallest absolute Gasteiger partial charge is 0.0351 e. The Morgan fingerprint density at radius 1 is 0.296 bits per heavy atom. The molecule has 0 amide bonds. The van der Waals surface area contributed by atoms with Crippen LogP contribution in [0.5, 0.6) is 0 Å². The molecule has 0 radical (unpaired) electrons. The van der Waals surface area contributed by atoms with Crippen molar-refractivity contribution < 1.29 is 0 Å². The van der Waals surface area contributed by atoms with Gasteiger partial charge in [-0.25, -0.2) is 0 Å². The lowest BCUT2D eigenvalue weighted by Gasteiger charge is -2.02. The molecule has 0 aromatic rings. The van der Waals surface area contributed by atoms with Crippen molar-refractivity contribution >= 4 is 0 Å². The Morgan fingerprint density at radius 2 is 0.519 bits per heavy atom. The first kappa shape index (κ1) is 26.7. The van der Waals surface area contributed by atoms with Gasteiger partial charge in [0.25, 0.3) is 0 Å². The summed E-state index contributed by atoms with van der Waals surface area (Å²) in [6.07, 6.45) is 37.9. The van der Waals surface area contributed by atoms with Gasteiger partial charge in [0, 0.05) is 0 Å². The van der Waals surface area contributed by atoms with Crippen LogP contribution in [0, 0.1) is 0 Å². The van der Waals surface area contributed by atoms with Gasteiger partial charge in [0.1, 0.15) is 0 Å². The van der Waals surface area contributed by atoms with Gasteiger partial charge in [-0.3, -0.25) is 0 Å². The van der Waals surface area contributed by atoms with Gasteiger partial charge in [0.15, 0.2) is 0 Å². The average molecular weight is 379 g/mol. The molecule has 0 bridgehead atoms. The van der Waals surface area contributed by atoms with Crippen LogP contribution >= 0.6 is 0 Å². The first-order chi connectivity index (χ1) is 13.4. The van der Waals surface area contributed by atoms with Gasteiger partial charge in [-0.1, -0.05) is 148 Å². The molecule has 0 atom stereocenters. The zero-order valence-corrected chi connectivity index (χ0v) is 19.4. The largest absolute Gasteiger partial charge is 0.0885 e. The van der Waals surface area contributed by atoms with E-state index in [1.807, 2.05) is 0 Å². The minimum atomic E-state index is 1.31. The molecule has 0 N–H and O–H groups in total. The first-order valence-electron chi connectivity index (χ1n) is 13.1. The van der Waals surface area contributed by atoms with Crippen molar-refractivity contribution in [3.8, 4) is 0 Å². The molecule has 0 spiro atoms. The summed E-state index contributed by atoms with van der Waals surface area (Å²) >= 11 is 0. The number of unbranched alkanes of at least 4 members (excludes halogenated alkanes) is 21. The Bertz CT molecular complexity index is 265. The summed E-state index contributed by atoms with van der Waals surface area (Å²) in [5.74, 6) is 0. The normalized spacial score (nSPS) is 11.6. The summed E-state index contributed by atoms with van der Waals surface area (Å²) in [5, 5.41) is 0. The number of allylic oxidation sites excluding steroid dienone is 2. The van der Waals surface area contributed by atoms with E-state index in [-0.39, 0.29) is 0 Å². The van der Waals surface area contributed by atoms with Crippen LogP contribution in [0.1, 0.15) is 162 Å². The zero-order valence-electron chi connectivity index (χ0n) is 19.4. The third-order valence-corrected chi connectivity index (χ3v) is 5.87. The lowest BCUT2D eigenvalue weighted by atomic mass is 10.0. The van der Waals surface area contributed by atoms with Crippen molar-refractivity contribution in [1.82, 2.24) is 0 Å². The fourth-order valence-corrected chi connectivity index (χ4v) is 3.91. The quantitative estimate of drug-likeness (QED) is 0.122. The Morgan fingerprint density at radius 3 is 0.778 bits per heavy atom. The van der Waals surface area contributed by atoms with E-state index in [0.717, 1.165) is 0 Å². The van der Waals surface area contributed by atoms with Crippen molar-refractivity contribution in [2.24, 2.45) is 0 Å². The topological polar surface area (TPSA) is 0 Å². The van der Waals surface area contributed by atoms with Crippen molar-refractivity contribution in [2.45, 2.75) is 162 Å². The highest BCUT2D eigenvalue weighted by atomic mass is 14.0. The summed E-state index contributed by atoms with van der Waals surface area (Å²) in [6, 6.07) is 0. The fourth-order valence-electron chi connectivity index (χ4n) is 3.91. The Labute approximate surface area is 174 Å². The molecule has 0 rings (SSSR count). The first-order valence-corrected chi connectivity index (χ1v) is 13.1. The highest BCUT2D eigenvalue weighted by molar-refractivity contribution is 4.81. The third kappa shape index (κ3) is 25.7. The van der Waals surface area contributed by atoms with Gasteiger partial charge in [-0.15, -0.1) is 0 Å². The zero-order chi connectivity index (χ0) is 19.7. The van der Waals surface area contributed by atoms with Crippen molar-refractivity contribution in [3.63, 3.8) is 0 Å². The minimum absolute atomic E-state index is 1.31. The summed E-state index contributed by atoms with van der Waals surface area (Å²) in [5.41, 5.74) is 0. The highest BCUT2D eigenvalue weighted by Crippen LogP contribution is 2.13. The van der Waals surface area contributed by atoms with Gasteiger partial charge in [0.2, 0.25) is 0 Å². The van der Waals surface area contributed by atoms with Crippen LogP contribution in [0.25, 0.3) is 0 Å².